The molecule has 0 aliphatic carbocycles. The van der Waals surface area contributed by atoms with E-state index in [1.165, 1.54) is 0 Å². The number of aliphatic imine (C=N–C) groups is 1. The highest BCUT2D eigenvalue weighted by molar-refractivity contribution is 6.06. The van der Waals surface area contributed by atoms with Crippen LogP contribution < -0.4 is 0 Å². The van der Waals surface area contributed by atoms with Crippen LogP contribution in [0, 0.1) is 0 Å². The van der Waals surface area contributed by atoms with E-state index in [4.69, 9.17) is 14.2 Å². The number of carbonyl (C=O) groups is 3. The zero-order valence-electron chi connectivity index (χ0n) is 31.1. The van der Waals surface area contributed by atoms with Gasteiger partial charge in [0.25, 0.3) is 0 Å². The third kappa shape index (κ3) is 9.63. The average Bonchev–Trinajstić information content (AvgIpc) is 3.02. The summed E-state index contributed by atoms with van der Waals surface area (Å²) in [7, 11) is 0. The minimum absolute atomic E-state index is 0.400. The van der Waals surface area contributed by atoms with E-state index in [0.29, 0.717) is 11.1 Å². The predicted molar refractivity (Wildman–Crippen MR) is 204 cm³/mol. The Hall–Kier alpha value is -5.44. The molecule has 0 heterocycles. The van der Waals surface area contributed by atoms with Crippen molar-refractivity contribution in [2.75, 3.05) is 0 Å². The first kappa shape index (κ1) is 38.4. The molecule has 2 atom stereocenters. The van der Waals surface area contributed by atoms with Gasteiger partial charge < -0.3 is 14.2 Å². The molecule has 0 aliphatic rings. The molecule has 4 rings (SSSR count). The van der Waals surface area contributed by atoms with Crippen LogP contribution in [0.1, 0.15) is 85.5 Å². The molecular weight excluding hydrogens is 642 g/mol. The van der Waals surface area contributed by atoms with Crippen molar-refractivity contribution in [2.24, 2.45) is 4.99 Å². The van der Waals surface area contributed by atoms with Crippen molar-refractivity contribution < 1.29 is 28.6 Å². The summed E-state index contributed by atoms with van der Waals surface area (Å²) in [6.07, 6.45) is 0.268. The van der Waals surface area contributed by atoms with Crippen molar-refractivity contribution in [1.82, 2.24) is 9.80 Å². The van der Waals surface area contributed by atoms with Gasteiger partial charge in [-0.3, -0.25) is 0 Å². The molecule has 0 bridgehead atoms. The molecule has 4 aromatic rings. The van der Waals surface area contributed by atoms with Crippen molar-refractivity contribution in [1.29, 1.82) is 0 Å². The number of benzene rings is 4. The number of hydrogen-bond acceptors (Lipinski definition) is 6. The lowest BCUT2D eigenvalue weighted by atomic mass is 9.96. The maximum atomic E-state index is 14.7. The van der Waals surface area contributed by atoms with Gasteiger partial charge in [0, 0.05) is 0 Å². The van der Waals surface area contributed by atoms with Gasteiger partial charge in [-0.2, -0.15) is 0 Å². The maximum Gasteiger partial charge on any atom is 0.437 e. The first-order valence-corrected chi connectivity index (χ1v) is 16.9. The Morgan fingerprint density at radius 2 is 0.922 bits per heavy atom. The van der Waals surface area contributed by atoms with E-state index in [0.717, 1.165) is 31.3 Å². The SMILES string of the molecule is C=C[C@@H](c1cccc2ccccc12)N(C(=O)OC(C)(C)C)C(=NC(=O)OC(C)(C)C)N(C(=O)OC(C)(C)C)[C@@H](C=C)c1cccc2ccccc12. The monoisotopic (exact) mass is 691 g/mol. The van der Waals surface area contributed by atoms with Crippen LogP contribution in [0.4, 0.5) is 14.4 Å². The normalized spacial score (nSPS) is 13.0. The Labute approximate surface area is 301 Å². The minimum atomic E-state index is -1.04. The highest BCUT2D eigenvalue weighted by Crippen LogP contribution is 2.36. The fourth-order valence-corrected chi connectivity index (χ4v) is 5.61. The summed E-state index contributed by atoms with van der Waals surface area (Å²) >= 11 is 0. The highest BCUT2D eigenvalue weighted by atomic mass is 16.6. The number of carbonyl (C=O) groups excluding carboxylic acids is 3. The van der Waals surface area contributed by atoms with Crippen LogP contribution in [0.25, 0.3) is 21.5 Å². The van der Waals surface area contributed by atoms with Gasteiger partial charge in [-0.15, -0.1) is 18.2 Å². The van der Waals surface area contributed by atoms with Gasteiger partial charge in [0.2, 0.25) is 5.96 Å². The van der Waals surface area contributed by atoms with E-state index >= 15 is 0 Å². The molecule has 0 saturated heterocycles. The van der Waals surface area contributed by atoms with E-state index in [9.17, 15) is 14.4 Å². The molecule has 0 fully saturated rings. The molecule has 0 spiro atoms. The third-order valence-electron chi connectivity index (χ3n) is 7.48. The summed E-state index contributed by atoms with van der Waals surface area (Å²) in [5.41, 5.74) is -1.63. The summed E-state index contributed by atoms with van der Waals surface area (Å²) < 4.78 is 17.7. The molecule has 3 amide bonds. The Morgan fingerprint density at radius 3 is 1.27 bits per heavy atom. The van der Waals surface area contributed by atoms with E-state index in [2.05, 4.69) is 18.2 Å². The number of ether oxygens (including phenoxy) is 3. The molecule has 0 unspecified atom stereocenters. The first-order valence-electron chi connectivity index (χ1n) is 16.9. The van der Waals surface area contributed by atoms with Crippen molar-refractivity contribution >= 4 is 45.8 Å². The smallest absolute Gasteiger partial charge is 0.437 e. The lowest BCUT2D eigenvalue weighted by Gasteiger charge is -2.39. The largest absolute Gasteiger partial charge is 0.443 e. The Morgan fingerprint density at radius 1 is 0.569 bits per heavy atom. The van der Waals surface area contributed by atoms with Gasteiger partial charge in [-0.25, -0.2) is 24.2 Å². The van der Waals surface area contributed by atoms with Crippen LogP contribution >= 0.6 is 0 Å². The van der Waals surface area contributed by atoms with Crippen LogP contribution in [-0.4, -0.2) is 50.8 Å². The van der Waals surface area contributed by atoms with Gasteiger partial charge in [0.05, 0.1) is 12.1 Å². The summed E-state index contributed by atoms with van der Waals surface area (Å²) in [4.78, 5) is 49.9. The van der Waals surface area contributed by atoms with Crippen molar-refractivity contribution in [3.05, 3.63) is 121 Å². The lowest BCUT2D eigenvalue weighted by Crippen LogP contribution is -2.54. The molecule has 0 N–H and O–H groups in total. The third-order valence-corrected chi connectivity index (χ3v) is 7.48. The Bertz CT molecular complexity index is 1830. The quantitative estimate of drug-likeness (QED) is 0.0864. The van der Waals surface area contributed by atoms with Crippen LogP contribution in [0.15, 0.2) is 115 Å². The fraction of sp³-hybridized carbons (Fsp3) is 0.333. The van der Waals surface area contributed by atoms with Crippen molar-refractivity contribution in [2.45, 2.75) is 91.2 Å². The Kier molecular flexibility index (Phi) is 11.4. The van der Waals surface area contributed by atoms with Crippen LogP contribution in [0.2, 0.25) is 0 Å². The zero-order chi connectivity index (χ0) is 37.7. The molecule has 0 aliphatic heterocycles. The number of hydrogen-bond donors (Lipinski definition) is 0. The molecular formula is C42H49N3O6. The first-order chi connectivity index (χ1) is 23.8. The van der Waals surface area contributed by atoms with Crippen LogP contribution in [0.3, 0.4) is 0 Å². The fourth-order valence-electron chi connectivity index (χ4n) is 5.61. The van der Waals surface area contributed by atoms with Gasteiger partial charge in [0.15, 0.2) is 0 Å². The van der Waals surface area contributed by atoms with Gasteiger partial charge in [0.1, 0.15) is 16.8 Å². The summed E-state index contributed by atoms with van der Waals surface area (Å²) in [6.45, 7) is 23.7. The van der Waals surface area contributed by atoms with E-state index < -0.39 is 53.1 Å². The molecule has 0 radical (unpaired) electrons. The minimum Gasteiger partial charge on any atom is -0.443 e. The summed E-state index contributed by atoms with van der Waals surface area (Å²) in [5.74, 6) is -0.400. The number of nitrogens with zero attached hydrogens (tertiary/aromatic N) is 3. The predicted octanol–water partition coefficient (Wildman–Crippen LogP) is 10.9. The number of amides is 3. The molecule has 4 aromatic carbocycles. The van der Waals surface area contributed by atoms with E-state index in [1.807, 2.05) is 84.9 Å². The lowest BCUT2D eigenvalue weighted by molar-refractivity contribution is 0.0225. The van der Waals surface area contributed by atoms with Gasteiger partial charge >= 0.3 is 18.3 Å². The topological polar surface area (TPSA) is 97.7 Å². The molecule has 268 valence electrons. The second-order valence-electron chi connectivity index (χ2n) is 15.1. The molecule has 0 aromatic heterocycles. The number of fused-ring (bicyclic) bond motifs is 2. The molecule has 9 heteroatoms. The molecule has 51 heavy (non-hydrogen) atoms. The van der Waals surface area contributed by atoms with E-state index in [1.54, 1.807) is 74.5 Å². The molecule has 9 nitrogen and oxygen atoms in total. The summed E-state index contributed by atoms with van der Waals surface area (Å²) in [5, 5.41) is 3.43. The summed E-state index contributed by atoms with van der Waals surface area (Å²) in [6, 6.07) is 24.7. The van der Waals surface area contributed by atoms with Crippen LogP contribution in [-0.2, 0) is 14.2 Å². The Balaban J connectivity index is 2.13. The van der Waals surface area contributed by atoms with Crippen molar-refractivity contribution in [3.8, 4) is 0 Å². The zero-order valence-corrected chi connectivity index (χ0v) is 31.1. The average molecular weight is 692 g/mol. The molecule has 0 saturated carbocycles. The second-order valence-corrected chi connectivity index (χ2v) is 15.1. The number of rotatable bonds is 6. The highest BCUT2D eigenvalue weighted by Gasteiger charge is 2.42. The van der Waals surface area contributed by atoms with Crippen LogP contribution in [0.5, 0.6) is 0 Å². The standard InChI is InChI=1S/C42H49N3O6/c1-12-34(32-26-18-22-28-20-14-16-24-30(28)32)44(38(47)50-41(6,7)8)36(43-37(46)49-40(3,4)5)45(39(48)51-42(9,10)11)35(13-2)33-27-19-23-29-21-15-17-25-31(29)33/h12-27,34-35H,1-2H2,3-11H3/t34-,35-/m0/s1. The van der Waals surface area contributed by atoms with E-state index in [-0.39, 0.29) is 0 Å². The maximum absolute atomic E-state index is 14.7. The van der Waals surface area contributed by atoms with Gasteiger partial charge in [-0.05, 0) is 95.0 Å². The van der Waals surface area contributed by atoms with Crippen molar-refractivity contribution in [3.63, 3.8) is 0 Å². The van der Waals surface area contributed by atoms with Gasteiger partial charge in [-0.1, -0.05) is 97.1 Å². The second kappa shape index (κ2) is 15.2. The number of guanidine groups is 1.